The first-order valence-electron chi connectivity index (χ1n) is 6.67. The Kier molecular flexibility index (Phi) is 3.13. The molecule has 0 fully saturated rings. The molecule has 0 bridgehead atoms. The van der Waals surface area contributed by atoms with Crippen LogP contribution < -0.4 is 11.3 Å². The molecule has 0 aliphatic carbocycles. The molecule has 0 radical (unpaired) electrons. The molecule has 3 aromatic rings. The molecular formula is C15H15N5O. The fraction of sp³-hybridized carbons (Fsp3) is 0.200. The highest BCUT2D eigenvalue weighted by molar-refractivity contribution is 5.79. The maximum absolute atomic E-state index is 12.1. The maximum atomic E-state index is 12.1. The van der Waals surface area contributed by atoms with Crippen LogP contribution in [0.3, 0.4) is 0 Å². The zero-order valence-corrected chi connectivity index (χ0v) is 11.8. The van der Waals surface area contributed by atoms with Crippen molar-refractivity contribution in [1.82, 2.24) is 19.9 Å². The van der Waals surface area contributed by atoms with E-state index < -0.39 is 0 Å². The van der Waals surface area contributed by atoms with E-state index in [0.29, 0.717) is 11.4 Å². The molecule has 0 amide bonds. The number of H-pyrrole nitrogens is 1. The molecule has 6 heteroatoms. The molecule has 0 aliphatic heterocycles. The van der Waals surface area contributed by atoms with Crippen molar-refractivity contribution in [1.29, 1.82) is 0 Å². The van der Waals surface area contributed by atoms with Gasteiger partial charge in [0.25, 0.3) is 5.56 Å². The third-order valence-corrected chi connectivity index (χ3v) is 3.30. The van der Waals surface area contributed by atoms with E-state index in [-0.39, 0.29) is 17.3 Å². The summed E-state index contributed by atoms with van der Waals surface area (Å²) >= 11 is 0. The molecule has 0 atom stereocenters. The quantitative estimate of drug-likeness (QED) is 0.749. The number of aromatic nitrogens is 4. The van der Waals surface area contributed by atoms with E-state index in [1.165, 1.54) is 0 Å². The van der Waals surface area contributed by atoms with Crippen LogP contribution in [0.2, 0.25) is 0 Å². The largest absolute Gasteiger partial charge is 0.383 e. The van der Waals surface area contributed by atoms with Crippen molar-refractivity contribution >= 4 is 16.9 Å². The van der Waals surface area contributed by atoms with Gasteiger partial charge in [-0.05, 0) is 24.1 Å². The van der Waals surface area contributed by atoms with Gasteiger partial charge in [-0.1, -0.05) is 13.8 Å². The van der Waals surface area contributed by atoms with Gasteiger partial charge in [0.15, 0.2) is 0 Å². The van der Waals surface area contributed by atoms with Gasteiger partial charge >= 0.3 is 0 Å². The average Bonchev–Trinajstić information content (AvgIpc) is 2.45. The summed E-state index contributed by atoms with van der Waals surface area (Å²) in [5, 5.41) is 0. The second-order valence-electron chi connectivity index (χ2n) is 5.13. The standard InChI is InChI=1S/C15H15N5O/c1-8(2)12-13(16)19-14(20-15(12)21)9-3-4-10-11(7-9)18-6-5-17-10/h3-8H,1-2H3,(H3,16,19,20,21). The van der Waals surface area contributed by atoms with Gasteiger partial charge in [0.2, 0.25) is 0 Å². The number of fused-ring (bicyclic) bond motifs is 1. The minimum Gasteiger partial charge on any atom is -0.383 e. The summed E-state index contributed by atoms with van der Waals surface area (Å²) in [6.07, 6.45) is 3.26. The van der Waals surface area contributed by atoms with E-state index in [0.717, 1.165) is 16.6 Å². The molecule has 0 spiro atoms. The Morgan fingerprint density at radius 1 is 1.14 bits per heavy atom. The molecule has 6 nitrogen and oxygen atoms in total. The van der Waals surface area contributed by atoms with Gasteiger partial charge < -0.3 is 10.7 Å². The highest BCUT2D eigenvalue weighted by Crippen LogP contribution is 2.21. The van der Waals surface area contributed by atoms with Crippen molar-refractivity contribution in [3.05, 3.63) is 46.5 Å². The molecule has 0 saturated carbocycles. The van der Waals surface area contributed by atoms with Crippen LogP contribution in [0.4, 0.5) is 5.82 Å². The van der Waals surface area contributed by atoms with Crippen molar-refractivity contribution in [2.45, 2.75) is 19.8 Å². The first-order valence-corrected chi connectivity index (χ1v) is 6.67. The SMILES string of the molecule is CC(C)c1c(N)nc(-c2ccc3nccnc3c2)[nH]c1=O. The minimum absolute atomic E-state index is 0.0257. The van der Waals surface area contributed by atoms with E-state index in [1.54, 1.807) is 12.4 Å². The maximum Gasteiger partial charge on any atom is 0.256 e. The van der Waals surface area contributed by atoms with Crippen molar-refractivity contribution in [3.63, 3.8) is 0 Å². The molecule has 3 rings (SSSR count). The van der Waals surface area contributed by atoms with E-state index in [1.807, 2.05) is 32.0 Å². The monoisotopic (exact) mass is 281 g/mol. The van der Waals surface area contributed by atoms with Gasteiger partial charge in [-0.3, -0.25) is 14.8 Å². The first kappa shape index (κ1) is 13.2. The zero-order valence-electron chi connectivity index (χ0n) is 11.8. The lowest BCUT2D eigenvalue weighted by Gasteiger charge is -2.09. The number of nitrogens with zero attached hydrogens (tertiary/aromatic N) is 3. The fourth-order valence-corrected chi connectivity index (χ4v) is 2.31. The zero-order chi connectivity index (χ0) is 15.0. The average molecular weight is 281 g/mol. The molecule has 21 heavy (non-hydrogen) atoms. The Bertz CT molecular complexity index is 869. The van der Waals surface area contributed by atoms with Gasteiger partial charge in [0.05, 0.1) is 16.6 Å². The first-order chi connectivity index (χ1) is 10.1. The lowest BCUT2D eigenvalue weighted by Crippen LogP contribution is -2.19. The second kappa shape index (κ2) is 4.97. The van der Waals surface area contributed by atoms with Crippen LogP contribution >= 0.6 is 0 Å². The Balaban J connectivity index is 2.17. The molecule has 1 aromatic carbocycles. The summed E-state index contributed by atoms with van der Waals surface area (Å²) in [5.41, 5.74) is 8.50. The number of nitrogens with two attached hydrogens (primary N) is 1. The number of hydrogen-bond donors (Lipinski definition) is 2. The van der Waals surface area contributed by atoms with E-state index in [9.17, 15) is 4.79 Å². The van der Waals surface area contributed by atoms with Crippen molar-refractivity contribution < 1.29 is 0 Å². The number of nitrogen functional groups attached to an aromatic ring is 1. The van der Waals surface area contributed by atoms with Gasteiger partial charge in [-0.25, -0.2) is 4.98 Å². The predicted octanol–water partition coefficient (Wildman–Crippen LogP) is 2.09. The number of anilines is 1. The van der Waals surface area contributed by atoms with Crippen LogP contribution in [0.25, 0.3) is 22.4 Å². The number of aromatic amines is 1. The summed E-state index contributed by atoms with van der Waals surface area (Å²) in [5.74, 6) is 0.732. The molecule has 106 valence electrons. The van der Waals surface area contributed by atoms with Gasteiger partial charge in [0, 0.05) is 18.0 Å². The number of benzene rings is 1. The van der Waals surface area contributed by atoms with Crippen LogP contribution in [-0.4, -0.2) is 19.9 Å². The van der Waals surface area contributed by atoms with E-state index in [4.69, 9.17) is 5.73 Å². The summed E-state index contributed by atoms with van der Waals surface area (Å²) in [7, 11) is 0. The normalized spacial score (nSPS) is 11.2. The van der Waals surface area contributed by atoms with Crippen molar-refractivity contribution in [2.75, 3.05) is 5.73 Å². The summed E-state index contributed by atoms with van der Waals surface area (Å²) in [4.78, 5) is 27.7. The number of rotatable bonds is 2. The van der Waals surface area contributed by atoms with Gasteiger partial charge in [0.1, 0.15) is 11.6 Å². The fourth-order valence-electron chi connectivity index (χ4n) is 2.31. The summed E-state index contributed by atoms with van der Waals surface area (Å²) < 4.78 is 0. The van der Waals surface area contributed by atoms with Crippen LogP contribution in [0.5, 0.6) is 0 Å². The van der Waals surface area contributed by atoms with Crippen LogP contribution in [0, 0.1) is 0 Å². The smallest absolute Gasteiger partial charge is 0.256 e. The second-order valence-corrected chi connectivity index (χ2v) is 5.13. The van der Waals surface area contributed by atoms with Crippen LogP contribution in [0.1, 0.15) is 25.3 Å². The highest BCUT2D eigenvalue weighted by Gasteiger charge is 2.13. The lowest BCUT2D eigenvalue weighted by molar-refractivity contribution is 0.837. The molecule has 2 aromatic heterocycles. The molecule has 0 saturated heterocycles. The van der Waals surface area contributed by atoms with Crippen LogP contribution in [0.15, 0.2) is 35.4 Å². The Labute approximate surface area is 121 Å². The topological polar surface area (TPSA) is 97.5 Å². The highest BCUT2D eigenvalue weighted by atomic mass is 16.1. The molecule has 0 aliphatic rings. The number of nitrogens with one attached hydrogen (secondary N) is 1. The number of hydrogen-bond acceptors (Lipinski definition) is 5. The molecule has 2 heterocycles. The Morgan fingerprint density at radius 2 is 1.86 bits per heavy atom. The van der Waals surface area contributed by atoms with Crippen molar-refractivity contribution in [3.8, 4) is 11.4 Å². The molecular weight excluding hydrogens is 266 g/mol. The predicted molar refractivity (Wildman–Crippen MR) is 81.9 cm³/mol. The Hall–Kier alpha value is -2.76. The lowest BCUT2D eigenvalue weighted by atomic mass is 10.1. The summed E-state index contributed by atoms with van der Waals surface area (Å²) in [6.45, 7) is 3.82. The van der Waals surface area contributed by atoms with E-state index in [2.05, 4.69) is 19.9 Å². The third kappa shape index (κ3) is 2.35. The van der Waals surface area contributed by atoms with Gasteiger partial charge in [-0.2, -0.15) is 0 Å². The van der Waals surface area contributed by atoms with Gasteiger partial charge in [-0.15, -0.1) is 0 Å². The van der Waals surface area contributed by atoms with E-state index >= 15 is 0 Å². The molecule has 0 unspecified atom stereocenters. The summed E-state index contributed by atoms with van der Waals surface area (Å²) in [6, 6.07) is 5.50. The Morgan fingerprint density at radius 3 is 2.52 bits per heavy atom. The third-order valence-electron chi connectivity index (χ3n) is 3.30. The molecule has 3 N–H and O–H groups in total. The van der Waals surface area contributed by atoms with Crippen molar-refractivity contribution in [2.24, 2.45) is 0 Å². The van der Waals surface area contributed by atoms with Crippen LogP contribution in [-0.2, 0) is 0 Å². The minimum atomic E-state index is -0.202.